The van der Waals surface area contributed by atoms with E-state index in [1.54, 1.807) is 0 Å². The molecule has 6 rings (SSSR count). The van der Waals surface area contributed by atoms with Gasteiger partial charge >= 0.3 is 0 Å². The Bertz CT molecular complexity index is 1370. The number of fused-ring (bicyclic) bond motifs is 5. The van der Waals surface area contributed by atoms with Crippen LogP contribution in [-0.2, 0) is 15.0 Å². The molecule has 1 unspecified atom stereocenters. The van der Waals surface area contributed by atoms with E-state index in [0.717, 1.165) is 52.9 Å². The van der Waals surface area contributed by atoms with Crippen molar-refractivity contribution in [2.75, 3.05) is 30.2 Å². The molecule has 0 aromatic heterocycles. The Kier molecular flexibility index (Phi) is 5.36. The number of hydrogen-bond donors (Lipinski definition) is 1. The highest BCUT2D eigenvalue weighted by molar-refractivity contribution is 6.13. The third kappa shape index (κ3) is 3.33. The largest absolute Gasteiger partial charge is 0.491 e. The maximum atomic E-state index is 14.3. The first-order chi connectivity index (χ1) is 17.5. The van der Waals surface area contributed by atoms with Gasteiger partial charge in [-0.1, -0.05) is 44.0 Å². The highest BCUT2D eigenvalue weighted by atomic mass is 16.7. The number of nitrogens with zero attached hydrogens (tertiary/aromatic N) is 1. The lowest BCUT2D eigenvalue weighted by Crippen LogP contribution is -2.43. The summed E-state index contributed by atoms with van der Waals surface area (Å²) in [6.45, 7) is 4.69. The minimum atomic E-state index is -0.967. The van der Waals surface area contributed by atoms with Gasteiger partial charge in [0.1, 0.15) is 17.8 Å². The van der Waals surface area contributed by atoms with Crippen molar-refractivity contribution < 1.29 is 23.8 Å². The number of ether oxygens (including phenoxy) is 3. The first-order valence-corrected chi connectivity index (χ1v) is 12.4. The van der Waals surface area contributed by atoms with E-state index >= 15 is 0 Å². The number of hydrogen-bond acceptors (Lipinski definition) is 5. The summed E-state index contributed by atoms with van der Waals surface area (Å²) in [6, 6.07) is 17.6. The van der Waals surface area contributed by atoms with Crippen LogP contribution in [-0.4, -0.2) is 31.8 Å². The monoisotopic (exact) mass is 484 g/mol. The Morgan fingerprint density at radius 1 is 1.00 bits per heavy atom. The fourth-order valence-electron chi connectivity index (χ4n) is 5.60. The normalized spacial score (nSPS) is 18.8. The van der Waals surface area contributed by atoms with Crippen LogP contribution in [0.15, 0.2) is 54.6 Å². The van der Waals surface area contributed by atoms with Gasteiger partial charge in [0.2, 0.25) is 18.6 Å². The first-order valence-electron chi connectivity index (χ1n) is 12.4. The third-order valence-corrected chi connectivity index (χ3v) is 7.25. The first kappa shape index (κ1) is 22.5. The molecule has 3 aromatic rings. The Labute approximate surface area is 210 Å². The number of unbranched alkanes of at least 4 members (excludes halogenated alkanes) is 2. The molecule has 3 aromatic carbocycles. The molecular formula is C29H28N2O5. The number of carbonyl (C=O) groups excluding carboxylic acids is 2. The zero-order valence-electron chi connectivity index (χ0n) is 20.4. The van der Waals surface area contributed by atoms with Gasteiger partial charge in [0, 0.05) is 42.0 Å². The summed E-state index contributed by atoms with van der Waals surface area (Å²) in [5.74, 6) is 1.85. The highest BCUT2D eigenvalue weighted by Crippen LogP contribution is 2.57. The summed E-state index contributed by atoms with van der Waals surface area (Å²) in [6.07, 6.45) is 3.07. The lowest BCUT2D eigenvalue weighted by Gasteiger charge is -2.24. The van der Waals surface area contributed by atoms with Crippen LogP contribution < -0.4 is 24.4 Å². The van der Waals surface area contributed by atoms with Crippen molar-refractivity contribution in [2.24, 2.45) is 0 Å². The van der Waals surface area contributed by atoms with Crippen LogP contribution in [0, 0.1) is 0 Å². The van der Waals surface area contributed by atoms with Crippen molar-refractivity contribution in [1.82, 2.24) is 0 Å². The molecule has 0 saturated heterocycles. The van der Waals surface area contributed by atoms with Crippen LogP contribution in [0.2, 0.25) is 0 Å². The minimum absolute atomic E-state index is 0.0357. The second-order valence-corrected chi connectivity index (χ2v) is 9.52. The van der Waals surface area contributed by atoms with E-state index in [4.69, 9.17) is 14.2 Å². The predicted molar refractivity (Wildman–Crippen MR) is 137 cm³/mol. The molecule has 7 heteroatoms. The molecule has 184 valence electrons. The maximum absolute atomic E-state index is 14.3. The molecule has 36 heavy (non-hydrogen) atoms. The number of nitrogens with one attached hydrogen (secondary N) is 1. The number of rotatable bonds is 6. The van der Waals surface area contributed by atoms with Gasteiger partial charge in [-0.05, 0) is 41.8 Å². The van der Waals surface area contributed by atoms with Crippen LogP contribution in [0.25, 0.3) is 11.1 Å². The zero-order valence-corrected chi connectivity index (χ0v) is 20.4. The van der Waals surface area contributed by atoms with E-state index in [1.807, 2.05) is 53.4 Å². The molecule has 7 nitrogen and oxygen atoms in total. The Hall–Kier alpha value is -4.00. The van der Waals surface area contributed by atoms with Gasteiger partial charge in [0.15, 0.2) is 11.5 Å². The lowest BCUT2D eigenvalue weighted by molar-refractivity contribution is -0.122. The van der Waals surface area contributed by atoms with E-state index in [9.17, 15) is 9.59 Å². The second-order valence-electron chi connectivity index (χ2n) is 9.52. The average Bonchev–Trinajstić information content (AvgIpc) is 3.55. The molecule has 1 spiro atoms. The summed E-state index contributed by atoms with van der Waals surface area (Å²) in [4.78, 5) is 27.7. The van der Waals surface area contributed by atoms with Gasteiger partial charge < -0.3 is 24.4 Å². The molecule has 0 bridgehead atoms. The highest BCUT2D eigenvalue weighted by Gasteiger charge is 2.58. The van der Waals surface area contributed by atoms with E-state index in [0.29, 0.717) is 23.8 Å². The number of benzene rings is 3. The fraction of sp³-hybridized carbons (Fsp3) is 0.310. The van der Waals surface area contributed by atoms with Gasteiger partial charge in [-0.3, -0.25) is 9.59 Å². The quantitative estimate of drug-likeness (QED) is 0.483. The molecule has 0 fully saturated rings. The molecule has 0 saturated carbocycles. The van der Waals surface area contributed by atoms with Crippen molar-refractivity contribution in [3.8, 4) is 28.4 Å². The van der Waals surface area contributed by atoms with Gasteiger partial charge in [0.05, 0.1) is 0 Å². The van der Waals surface area contributed by atoms with Gasteiger partial charge in [-0.2, -0.15) is 0 Å². The van der Waals surface area contributed by atoms with E-state index in [2.05, 4.69) is 18.3 Å². The molecule has 0 aliphatic carbocycles. The van der Waals surface area contributed by atoms with E-state index in [1.165, 1.54) is 6.92 Å². The topological polar surface area (TPSA) is 77.1 Å². The smallest absolute Gasteiger partial charge is 0.245 e. The van der Waals surface area contributed by atoms with Gasteiger partial charge in [0.25, 0.3) is 0 Å². The second kappa shape index (κ2) is 8.59. The third-order valence-electron chi connectivity index (χ3n) is 7.25. The Morgan fingerprint density at radius 2 is 1.78 bits per heavy atom. The van der Waals surface area contributed by atoms with Crippen LogP contribution in [0.4, 0.5) is 11.4 Å². The molecule has 3 heterocycles. The molecule has 3 aliphatic heterocycles. The molecule has 1 atom stereocenters. The van der Waals surface area contributed by atoms with Crippen LogP contribution in [0.5, 0.6) is 17.2 Å². The summed E-state index contributed by atoms with van der Waals surface area (Å²) in [5, 5.41) is 2.82. The number of anilines is 2. The molecule has 2 amide bonds. The summed E-state index contributed by atoms with van der Waals surface area (Å²) in [7, 11) is 0. The summed E-state index contributed by atoms with van der Waals surface area (Å²) in [5.41, 5.74) is 4.40. The molecule has 3 aliphatic rings. The molecule has 0 radical (unpaired) electrons. The van der Waals surface area contributed by atoms with E-state index in [-0.39, 0.29) is 25.2 Å². The van der Waals surface area contributed by atoms with Crippen LogP contribution in [0.3, 0.4) is 0 Å². The standard InChI is InChI=1S/C29H28N2O5/c1-3-4-5-13-31-23-8-6-7-21(19-9-11-20(12-10-19)30-18(2)32)27(23)29(28(31)33)16-34-24-15-26-25(14-22(24)29)35-17-36-26/h6-12,14-15H,3-5,13,16-17H2,1-2H3,(H,30,32). The molecular weight excluding hydrogens is 456 g/mol. The Morgan fingerprint density at radius 3 is 2.53 bits per heavy atom. The fourth-order valence-corrected chi connectivity index (χ4v) is 5.60. The van der Waals surface area contributed by atoms with Gasteiger partial charge in [-0.25, -0.2) is 0 Å². The van der Waals surface area contributed by atoms with Crippen molar-refractivity contribution in [3.63, 3.8) is 0 Å². The minimum Gasteiger partial charge on any atom is -0.491 e. The van der Waals surface area contributed by atoms with Crippen LogP contribution in [0.1, 0.15) is 44.2 Å². The maximum Gasteiger partial charge on any atom is 0.245 e. The zero-order chi connectivity index (χ0) is 24.9. The SMILES string of the molecule is CCCCCN1C(=O)C2(COc3cc4c(cc32)OCO4)c2c(-c3ccc(NC(C)=O)cc3)cccc21. The average molecular weight is 485 g/mol. The summed E-state index contributed by atoms with van der Waals surface area (Å²) >= 11 is 0. The van der Waals surface area contributed by atoms with Crippen molar-refractivity contribution >= 4 is 23.2 Å². The van der Waals surface area contributed by atoms with Crippen molar-refractivity contribution in [1.29, 1.82) is 0 Å². The molecule has 1 N–H and O–H groups in total. The number of carbonyl (C=O) groups is 2. The van der Waals surface area contributed by atoms with Crippen molar-refractivity contribution in [2.45, 2.75) is 38.5 Å². The Balaban J connectivity index is 1.52. The predicted octanol–water partition coefficient (Wildman–Crippen LogP) is 5.26. The van der Waals surface area contributed by atoms with E-state index < -0.39 is 5.41 Å². The van der Waals surface area contributed by atoms with Crippen LogP contribution >= 0.6 is 0 Å². The lowest BCUT2D eigenvalue weighted by atomic mass is 9.74. The van der Waals surface area contributed by atoms with Crippen molar-refractivity contribution in [3.05, 3.63) is 65.7 Å². The summed E-state index contributed by atoms with van der Waals surface area (Å²) < 4.78 is 17.4. The number of amides is 2. The van der Waals surface area contributed by atoms with Gasteiger partial charge in [-0.15, -0.1) is 0 Å².